The summed E-state index contributed by atoms with van der Waals surface area (Å²) in [5, 5.41) is 10.8. The Labute approximate surface area is 122 Å². The molecule has 0 bridgehead atoms. The molecule has 1 unspecified atom stereocenters. The Morgan fingerprint density at radius 2 is 2.37 bits per heavy atom. The Hall–Kier alpha value is -1.18. The number of carboxylic acids is 1. The molecule has 7 heteroatoms. The van der Waals surface area contributed by atoms with Gasteiger partial charge in [-0.15, -0.1) is 11.3 Å². The van der Waals surface area contributed by atoms with Crippen LogP contribution in [0.25, 0.3) is 6.08 Å². The Morgan fingerprint density at radius 1 is 1.58 bits per heavy atom. The number of hydrogen-bond acceptors (Lipinski definition) is 4. The van der Waals surface area contributed by atoms with E-state index >= 15 is 0 Å². The molecule has 0 saturated carbocycles. The van der Waals surface area contributed by atoms with E-state index in [1.54, 1.807) is 6.08 Å². The molecule has 1 amide bonds. The molecule has 1 saturated heterocycles. The van der Waals surface area contributed by atoms with Crippen molar-refractivity contribution in [2.75, 3.05) is 19.7 Å². The summed E-state index contributed by atoms with van der Waals surface area (Å²) in [5.41, 5.74) is 0.938. The van der Waals surface area contributed by atoms with Gasteiger partial charge in [-0.25, -0.2) is 4.79 Å². The average Bonchev–Trinajstić information content (AvgIpc) is 2.82. The zero-order chi connectivity index (χ0) is 13.8. The molecule has 2 rings (SSSR count). The van der Waals surface area contributed by atoms with Crippen molar-refractivity contribution in [1.82, 2.24) is 4.90 Å². The molecule has 1 N–H and O–H groups in total. The van der Waals surface area contributed by atoms with E-state index in [-0.39, 0.29) is 19.1 Å². The van der Waals surface area contributed by atoms with E-state index in [1.165, 1.54) is 22.3 Å². The summed E-state index contributed by atoms with van der Waals surface area (Å²) >= 11 is 4.89. The van der Waals surface area contributed by atoms with Crippen LogP contribution in [-0.2, 0) is 14.3 Å². The Morgan fingerprint density at radius 3 is 3.00 bits per heavy atom. The third-order valence-corrected chi connectivity index (χ3v) is 4.18. The average molecular weight is 346 g/mol. The summed E-state index contributed by atoms with van der Waals surface area (Å²) in [7, 11) is 0. The maximum atomic E-state index is 11.9. The molecule has 1 aromatic rings. The van der Waals surface area contributed by atoms with Crippen LogP contribution < -0.4 is 0 Å². The molecule has 0 aromatic carbocycles. The van der Waals surface area contributed by atoms with Crippen molar-refractivity contribution < 1.29 is 19.4 Å². The molecule has 1 aliphatic heterocycles. The molecule has 19 heavy (non-hydrogen) atoms. The van der Waals surface area contributed by atoms with E-state index in [4.69, 9.17) is 9.84 Å². The van der Waals surface area contributed by atoms with Gasteiger partial charge in [0.1, 0.15) is 0 Å². The van der Waals surface area contributed by atoms with Gasteiger partial charge in [0.2, 0.25) is 5.91 Å². The van der Waals surface area contributed by atoms with E-state index in [1.807, 2.05) is 11.4 Å². The van der Waals surface area contributed by atoms with Gasteiger partial charge in [0.05, 0.1) is 16.9 Å². The molecule has 0 spiro atoms. The fraction of sp³-hybridized carbons (Fsp3) is 0.333. The van der Waals surface area contributed by atoms with Gasteiger partial charge in [-0.05, 0) is 39.0 Å². The topological polar surface area (TPSA) is 66.8 Å². The maximum absolute atomic E-state index is 11.9. The zero-order valence-electron chi connectivity index (χ0n) is 9.91. The van der Waals surface area contributed by atoms with E-state index in [2.05, 4.69) is 15.9 Å². The number of carbonyl (C=O) groups is 2. The number of carboxylic acid groups (broad SMARTS) is 1. The van der Waals surface area contributed by atoms with Crippen LogP contribution >= 0.6 is 27.3 Å². The number of nitrogens with zero attached hydrogens (tertiary/aromatic N) is 1. The van der Waals surface area contributed by atoms with Crippen LogP contribution in [0.2, 0.25) is 0 Å². The van der Waals surface area contributed by atoms with Crippen LogP contribution in [0.4, 0.5) is 0 Å². The highest BCUT2D eigenvalue weighted by Gasteiger charge is 2.27. The van der Waals surface area contributed by atoms with Gasteiger partial charge in [0, 0.05) is 12.6 Å². The van der Waals surface area contributed by atoms with Gasteiger partial charge in [-0.1, -0.05) is 0 Å². The Bertz CT molecular complexity index is 514. The van der Waals surface area contributed by atoms with Crippen LogP contribution in [0, 0.1) is 0 Å². The summed E-state index contributed by atoms with van der Waals surface area (Å²) in [6.45, 7) is 0.757. The molecule has 5 nitrogen and oxygen atoms in total. The minimum absolute atomic E-state index is 0.0891. The fourth-order valence-corrected chi connectivity index (χ4v) is 2.83. The van der Waals surface area contributed by atoms with Crippen molar-refractivity contribution in [2.24, 2.45) is 0 Å². The molecule has 1 atom stereocenters. The van der Waals surface area contributed by atoms with Gasteiger partial charge in [0.15, 0.2) is 6.10 Å². The van der Waals surface area contributed by atoms with Crippen molar-refractivity contribution in [2.45, 2.75) is 6.10 Å². The second-order valence-electron chi connectivity index (χ2n) is 4.00. The molecule has 1 aliphatic rings. The molecule has 0 aliphatic carbocycles. The molecule has 1 fully saturated rings. The van der Waals surface area contributed by atoms with E-state index in [0.717, 1.165) is 9.35 Å². The van der Waals surface area contributed by atoms with Gasteiger partial charge >= 0.3 is 5.97 Å². The van der Waals surface area contributed by atoms with Gasteiger partial charge in [-0.2, -0.15) is 0 Å². The number of thiophene rings is 1. The SMILES string of the molecule is O=C(O)C1CN(C(=O)/C=C/c2csc(Br)c2)CCO1. The van der Waals surface area contributed by atoms with E-state index in [9.17, 15) is 9.59 Å². The van der Waals surface area contributed by atoms with Crippen molar-refractivity contribution >= 4 is 45.2 Å². The number of ether oxygens (including phenoxy) is 1. The Kier molecular flexibility index (Phi) is 4.73. The monoisotopic (exact) mass is 345 g/mol. The molecule has 1 aromatic heterocycles. The first-order chi connectivity index (χ1) is 9.06. The van der Waals surface area contributed by atoms with Crippen LogP contribution in [0.5, 0.6) is 0 Å². The lowest BCUT2D eigenvalue weighted by Gasteiger charge is -2.30. The number of amides is 1. The second kappa shape index (κ2) is 6.31. The first-order valence-electron chi connectivity index (χ1n) is 5.61. The Balaban J connectivity index is 1.96. The molecule has 0 radical (unpaired) electrons. The largest absolute Gasteiger partial charge is 0.479 e. The molecular weight excluding hydrogens is 334 g/mol. The van der Waals surface area contributed by atoms with Crippen LogP contribution in [0.1, 0.15) is 5.56 Å². The minimum atomic E-state index is -1.04. The smallest absolute Gasteiger partial charge is 0.334 e. The van der Waals surface area contributed by atoms with E-state index < -0.39 is 12.1 Å². The fourth-order valence-electron chi connectivity index (χ4n) is 1.68. The van der Waals surface area contributed by atoms with Crippen LogP contribution in [0.3, 0.4) is 0 Å². The van der Waals surface area contributed by atoms with Crippen molar-refractivity contribution in [3.8, 4) is 0 Å². The molecule has 102 valence electrons. The van der Waals surface area contributed by atoms with Gasteiger partial charge < -0.3 is 14.7 Å². The van der Waals surface area contributed by atoms with Crippen LogP contribution in [0.15, 0.2) is 21.3 Å². The van der Waals surface area contributed by atoms with Crippen molar-refractivity contribution in [3.05, 3.63) is 26.9 Å². The molecule has 2 heterocycles. The predicted octanol–water partition coefficient (Wildman–Crippen LogP) is 1.84. The number of hydrogen-bond donors (Lipinski definition) is 1. The van der Waals surface area contributed by atoms with Gasteiger partial charge in [-0.3, -0.25) is 4.79 Å². The number of morpholine rings is 1. The van der Waals surface area contributed by atoms with Gasteiger partial charge in [0.25, 0.3) is 0 Å². The summed E-state index contributed by atoms with van der Waals surface area (Å²) in [4.78, 5) is 24.2. The first-order valence-corrected chi connectivity index (χ1v) is 7.29. The van der Waals surface area contributed by atoms with Crippen molar-refractivity contribution in [3.63, 3.8) is 0 Å². The second-order valence-corrected chi connectivity index (χ2v) is 6.29. The zero-order valence-corrected chi connectivity index (χ0v) is 12.3. The lowest BCUT2D eigenvalue weighted by Crippen LogP contribution is -2.48. The predicted molar refractivity (Wildman–Crippen MR) is 75.0 cm³/mol. The quantitative estimate of drug-likeness (QED) is 0.848. The minimum Gasteiger partial charge on any atom is -0.479 e. The van der Waals surface area contributed by atoms with Crippen LogP contribution in [-0.4, -0.2) is 47.7 Å². The lowest BCUT2D eigenvalue weighted by atomic mass is 10.2. The normalized spacial score (nSPS) is 19.8. The van der Waals surface area contributed by atoms with Crippen molar-refractivity contribution in [1.29, 1.82) is 0 Å². The lowest BCUT2D eigenvalue weighted by molar-refractivity contribution is -0.158. The molecular formula is C12H12BrNO4S. The van der Waals surface area contributed by atoms with E-state index in [0.29, 0.717) is 6.54 Å². The third-order valence-electron chi connectivity index (χ3n) is 2.66. The first kappa shape index (κ1) is 14.2. The highest BCUT2D eigenvalue weighted by molar-refractivity contribution is 9.11. The maximum Gasteiger partial charge on any atom is 0.334 e. The number of aliphatic carboxylic acids is 1. The number of halogens is 1. The standard InChI is InChI=1S/C12H12BrNO4S/c13-10-5-8(7-19-10)1-2-11(15)14-3-4-18-9(6-14)12(16)17/h1-2,5,7,9H,3-4,6H2,(H,16,17)/b2-1+. The number of carbonyl (C=O) groups excluding carboxylic acids is 1. The summed E-state index contributed by atoms with van der Waals surface area (Å²) < 4.78 is 6.06. The third kappa shape index (κ3) is 3.89. The number of rotatable bonds is 3. The summed E-state index contributed by atoms with van der Waals surface area (Å²) in [6.07, 6.45) is 2.24. The highest BCUT2D eigenvalue weighted by Crippen LogP contribution is 2.21. The summed E-state index contributed by atoms with van der Waals surface area (Å²) in [6, 6.07) is 1.91. The highest BCUT2D eigenvalue weighted by atomic mass is 79.9. The summed E-state index contributed by atoms with van der Waals surface area (Å²) in [5.74, 6) is -1.24.